The fourth-order valence-electron chi connectivity index (χ4n) is 2.11. The van der Waals surface area contributed by atoms with Crippen LogP contribution in [0.1, 0.15) is 85.0 Å². The first-order valence-electron chi connectivity index (χ1n) is 10.1. The van der Waals surface area contributed by atoms with Crippen molar-refractivity contribution in [2.24, 2.45) is 4.99 Å². The van der Waals surface area contributed by atoms with Crippen molar-refractivity contribution >= 4 is 18.1 Å². The molecule has 2 amide bonds. The first-order chi connectivity index (χ1) is 12.6. The molecule has 0 heterocycles. The van der Waals surface area contributed by atoms with Gasteiger partial charge in [-0.1, -0.05) is 65.7 Å². The first kappa shape index (κ1) is 24.2. The van der Waals surface area contributed by atoms with Gasteiger partial charge in [-0.15, -0.1) is 0 Å². The summed E-state index contributed by atoms with van der Waals surface area (Å²) in [5, 5.41) is 4.97. The van der Waals surface area contributed by atoms with Crippen LogP contribution in [-0.2, 0) is 9.47 Å². The molecule has 0 atom stereocenters. The molecule has 0 bridgehead atoms. The highest BCUT2D eigenvalue weighted by molar-refractivity contribution is 6.01. The van der Waals surface area contributed by atoms with Crippen LogP contribution in [0, 0.1) is 0 Å². The summed E-state index contributed by atoms with van der Waals surface area (Å²) in [5.74, 6) is 0.0792. The van der Waals surface area contributed by atoms with E-state index in [1.54, 1.807) is 0 Å². The number of aliphatic imine (C=N–C) groups is 1. The van der Waals surface area contributed by atoms with Crippen molar-refractivity contribution in [1.29, 1.82) is 0 Å². The summed E-state index contributed by atoms with van der Waals surface area (Å²) in [6, 6.07) is 0. The van der Waals surface area contributed by atoms with Gasteiger partial charge in [0.2, 0.25) is 5.96 Å². The van der Waals surface area contributed by atoms with Crippen LogP contribution in [0.4, 0.5) is 9.59 Å². The van der Waals surface area contributed by atoms with Crippen LogP contribution in [-0.4, -0.2) is 37.9 Å². The van der Waals surface area contributed by atoms with Gasteiger partial charge >= 0.3 is 12.2 Å². The predicted molar refractivity (Wildman–Crippen MR) is 104 cm³/mol. The Hall–Kier alpha value is -1.79. The molecule has 0 aliphatic carbocycles. The Morgan fingerprint density at radius 1 is 0.692 bits per heavy atom. The van der Waals surface area contributed by atoms with E-state index in [1.807, 2.05) is 6.92 Å². The lowest BCUT2D eigenvalue weighted by Crippen LogP contribution is -2.44. The Morgan fingerprint density at radius 3 is 1.58 bits per heavy atom. The second kappa shape index (κ2) is 18.0. The Labute approximate surface area is 158 Å². The summed E-state index contributed by atoms with van der Waals surface area (Å²) in [5.41, 5.74) is 0. The maximum absolute atomic E-state index is 11.8. The van der Waals surface area contributed by atoms with Crippen molar-refractivity contribution in [3.8, 4) is 0 Å². The highest BCUT2D eigenvalue weighted by Gasteiger charge is 2.11. The molecule has 0 aromatic carbocycles. The van der Waals surface area contributed by atoms with Gasteiger partial charge in [-0.05, 0) is 19.3 Å². The third-order valence-corrected chi connectivity index (χ3v) is 3.68. The van der Waals surface area contributed by atoms with Gasteiger partial charge in [-0.2, -0.15) is 0 Å². The molecule has 0 aliphatic heterocycles. The topological polar surface area (TPSA) is 89.0 Å². The number of alkyl carbamates (subject to hydrolysis) is 2. The van der Waals surface area contributed by atoms with Gasteiger partial charge in [0, 0.05) is 6.54 Å². The molecule has 0 saturated carbocycles. The molecule has 0 rings (SSSR count). The van der Waals surface area contributed by atoms with Gasteiger partial charge in [0.15, 0.2) is 0 Å². The second-order valence-electron chi connectivity index (χ2n) is 6.23. The molecule has 0 unspecified atom stereocenters. The Kier molecular flexibility index (Phi) is 16.8. The minimum absolute atomic E-state index is 0.0792. The molecule has 0 spiro atoms. The van der Waals surface area contributed by atoms with E-state index in [2.05, 4.69) is 29.5 Å². The second-order valence-corrected chi connectivity index (χ2v) is 6.23. The van der Waals surface area contributed by atoms with Gasteiger partial charge < -0.3 is 9.47 Å². The molecule has 2 N–H and O–H groups in total. The van der Waals surface area contributed by atoms with Crippen LogP contribution >= 0.6 is 0 Å². The molecular formula is C19H37N3O4. The number of rotatable bonds is 13. The van der Waals surface area contributed by atoms with E-state index in [0.717, 1.165) is 64.2 Å². The highest BCUT2D eigenvalue weighted by Crippen LogP contribution is 2.00. The summed E-state index contributed by atoms with van der Waals surface area (Å²) >= 11 is 0. The standard InChI is InChI=1S/C19H37N3O4/c1-4-7-10-12-15-25-18(23)21-17(20-14-9-6-3)22-19(24)26-16-13-11-8-5-2/h4-16H2,1-3H3,(H2,20,21,22,23,24). The zero-order valence-corrected chi connectivity index (χ0v) is 16.8. The van der Waals surface area contributed by atoms with Crippen molar-refractivity contribution < 1.29 is 19.1 Å². The quantitative estimate of drug-likeness (QED) is 0.278. The molecule has 0 aromatic heterocycles. The number of unbranched alkanes of at least 4 members (excludes halogenated alkanes) is 7. The minimum Gasteiger partial charge on any atom is -0.449 e. The number of nitrogens with one attached hydrogen (secondary N) is 2. The lowest BCUT2D eigenvalue weighted by atomic mass is 10.2. The fraction of sp³-hybridized carbons (Fsp3) is 0.842. The molecular weight excluding hydrogens is 334 g/mol. The number of nitrogens with zero attached hydrogens (tertiary/aromatic N) is 1. The number of carbonyl (C=O) groups excluding carboxylic acids is 2. The largest absolute Gasteiger partial charge is 0.449 e. The predicted octanol–water partition coefficient (Wildman–Crippen LogP) is 4.76. The van der Waals surface area contributed by atoms with Gasteiger partial charge in [0.25, 0.3) is 0 Å². The average Bonchev–Trinajstić information content (AvgIpc) is 2.61. The van der Waals surface area contributed by atoms with Crippen molar-refractivity contribution in [2.45, 2.75) is 85.0 Å². The van der Waals surface area contributed by atoms with Crippen LogP contribution in [0.2, 0.25) is 0 Å². The summed E-state index contributed by atoms with van der Waals surface area (Å²) in [4.78, 5) is 27.9. The summed E-state index contributed by atoms with van der Waals surface area (Å²) < 4.78 is 10.2. The molecule has 26 heavy (non-hydrogen) atoms. The summed E-state index contributed by atoms with van der Waals surface area (Å²) in [6.07, 6.45) is 8.85. The normalized spacial score (nSPS) is 10.1. The smallest absolute Gasteiger partial charge is 0.413 e. The highest BCUT2D eigenvalue weighted by atomic mass is 16.6. The average molecular weight is 372 g/mol. The zero-order valence-electron chi connectivity index (χ0n) is 16.8. The van der Waals surface area contributed by atoms with Gasteiger partial charge in [-0.25, -0.2) is 9.59 Å². The van der Waals surface area contributed by atoms with Crippen molar-refractivity contribution in [3.63, 3.8) is 0 Å². The molecule has 0 radical (unpaired) electrons. The first-order valence-corrected chi connectivity index (χ1v) is 10.1. The summed E-state index contributed by atoms with van der Waals surface area (Å²) in [6.45, 7) is 7.53. The van der Waals surface area contributed by atoms with Crippen molar-refractivity contribution in [1.82, 2.24) is 10.6 Å². The monoisotopic (exact) mass is 371 g/mol. The van der Waals surface area contributed by atoms with E-state index >= 15 is 0 Å². The number of hydrogen-bond donors (Lipinski definition) is 2. The Balaban J connectivity index is 4.23. The van der Waals surface area contributed by atoms with E-state index in [9.17, 15) is 9.59 Å². The SMILES string of the molecule is CCCCCCOC(=O)NC(=NCCCC)NC(=O)OCCCCCC. The van der Waals surface area contributed by atoms with Crippen molar-refractivity contribution in [3.05, 3.63) is 0 Å². The lowest BCUT2D eigenvalue weighted by molar-refractivity contribution is 0.146. The van der Waals surface area contributed by atoms with Gasteiger partial charge in [-0.3, -0.25) is 15.6 Å². The molecule has 7 heteroatoms. The molecule has 0 aromatic rings. The maximum atomic E-state index is 11.8. The molecule has 0 fully saturated rings. The lowest BCUT2D eigenvalue weighted by Gasteiger charge is -2.11. The van der Waals surface area contributed by atoms with E-state index < -0.39 is 12.2 Å². The molecule has 0 aliphatic rings. The van der Waals surface area contributed by atoms with E-state index in [-0.39, 0.29) is 5.96 Å². The maximum Gasteiger partial charge on any atom is 0.413 e. The van der Waals surface area contributed by atoms with Crippen LogP contribution in [0.3, 0.4) is 0 Å². The molecule has 152 valence electrons. The molecule has 0 saturated heterocycles. The number of hydrogen-bond acceptors (Lipinski definition) is 5. The number of ether oxygens (including phenoxy) is 2. The fourth-order valence-corrected chi connectivity index (χ4v) is 2.11. The zero-order chi connectivity index (χ0) is 19.5. The van der Waals surface area contributed by atoms with Gasteiger partial charge in [0.1, 0.15) is 0 Å². The number of amides is 2. The third-order valence-electron chi connectivity index (χ3n) is 3.68. The number of carbonyl (C=O) groups is 2. The molecule has 7 nitrogen and oxygen atoms in total. The number of guanidine groups is 1. The van der Waals surface area contributed by atoms with Crippen molar-refractivity contribution in [2.75, 3.05) is 19.8 Å². The summed E-state index contributed by atoms with van der Waals surface area (Å²) in [7, 11) is 0. The van der Waals surface area contributed by atoms with Crippen LogP contribution in [0.25, 0.3) is 0 Å². The van der Waals surface area contributed by atoms with Crippen LogP contribution in [0.5, 0.6) is 0 Å². The van der Waals surface area contributed by atoms with Crippen LogP contribution < -0.4 is 10.6 Å². The van der Waals surface area contributed by atoms with E-state index in [1.165, 1.54) is 0 Å². The van der Waals surface area contributed by atoms with E-state index in [4.69, 9.17) is 9.47 Å². The third kappa shape index (κ3) is 15.7. The van der Waals surface area contributed by atoms with Crippen LogP contribution in [0.15, 0.2) is 4.99 Å². The Morgan fingerprint density at radius 2 is 1.15 bits per heavy atom. The Bertz CT molecular complexity index is 370. The van der Waals surface area contributed by atoms with E-state index in [0.29, 0.717) is 19.8 Å². The van der Waals surface area contributed by atoms with Gasteiger partial charge in [0.05, 0.1) is 13.2 Å². The minimum atomic E-state index is -0.611.